The Balaban J connectivity index is 1.82. The highest BCUT2D eigenvalue weighted by molar-refractivity contribution is 7.99. The van der Waals surface area contributed by atoms with Gasteiger partial charge in [0.1, 0.15) is 0 Å². The number of aromatic nitrogens is 1. The fourth-order valence-electron chi connectivity index (χ4n) is 1.64. The van der Waals surface area contributed by atoms with Crippen molar-refractivity contribution in [2.45, 2.75) is 12.5 Å². The van der Waals surface area contributed by atoms with Gasteiger partial charge in [-0.2, -0.15) is 16.2 Å². The Labute approximate surface area is 103 Å². The van der Waals surface area contributed by atoms with Gasteiger partial charge in [-0.25, -0.2) is 4.98 Å². The van der Waals surface area contributed by atoms with Crippen LogP contribution < -0.4 is 10.6 Å². The lowest BCUT2D eigenvalue weighted by atomic mass is 10.2. The number of hydrogen-bond acceptors (Lipinski definition) is 4. The molecule has 1 amide bonds. The zero-order valence-corrected chi connectivity index (χ0v) is 10.1. The first-order valence-electron chi connectivity index (χ1n) is 5.46. The van der Waals surface area contributed by atoms with Gasteiger partial charge in [-0.1, -0.05) is 0 Å². The molecule has 2 heterocycles. The van der Waals surface area contributed by atoms with Crippen molar-refractivity contribution in [3.05, 3.63) is 24.3 Å². The van der Waals surface area contributed by atoms with E-state index in [9.17, 15) is 9.18 Å². The van der Waals surface area contributed by atoms with Crippen LogP contribution in [0.2, 0.25) is 0 Å². The molecular weight excluding hydrogens is 241 g/mol. The lowest BCUT2D eigenvalue weighted by Crippen LogP contribution is -2.39. The molecule has 1 aromatic rings. The van der Waals surface area contributed by atoms with Gasteiger partial charge in [-0.05, 0) is 12.1 Å². The lowest BCUT2D eigenvalue weighted by molar-refractivity contribution is -0.116. The number of anilines is 1. The topological polar surface area (TPSA) is 54.0 Å². The molecule has 1 aliphatic rings. The Hall–Kier alpha value is -1.14. The van der Waals surface area contributed by atoms with Crippen LogP contribution in [0.25, 0.3) is 0 Å². The standard InChI is InChI=1S/C11H14FN3OS/c12-10-2-1-8(6-14-10)15-11(16)5-9-7-17-4-3-13-9/h1-2,6,9,13H,3-5,7H2,(H,15,16). The molecule has 0 radical (unpaired) electrons. The first-order valence-corrected chi connectivity index (χ1v) is 6.62. The molecule has 2 N–H and O–H groups in total. The van der Waals surface area contributed by atoms with E-state index in [2.05, 4.69) is 15.6 Å². The van der Waals surface area contributed by atoms with Crippen LogP contribution in [0.4, 0.5) is 10.1 Å². The Bertz CT molecular complexity index is 379. The summed E-state index contributed by atoms with van der Waals surface area (Å²) in [5, 5.41) is 5.99. The van der Waals surface area contributed by atoms with E-state index in [0.29, 0.717) is 12.1 Å². The molecule has 1 aliphatic heterocycles. The zero-order chi connectivity index (χ0) is 12.1. The number of rotatable bonds is 3. The fraction of sp³-hybridized carbons (Fsp3) is 0.455. The predicted molar refractivity (Wildman–Crippen MR) is 66.6 cm³/mol. The Morgan fingerprint density at radius 3 is 3.18 bits per heavy atom. The van der Waals surface area contributed by atoms with Gasteiger partial charge in [0.2, 0.25) is 11.9 Å². The number of hydrogen-bond donors (Lipinski definition) is 2. The Morgan fingerprint density at radius 2 is 2.53 bits per heavy atom. The summed E-state index contributed by atoms with van der Waals surface area (Å²) in [5.74, 6) is 1.43. The zero-order valence-electron chi connectivity index (χ0n) is 9.28. The summed E-state index contributed by atoms with van der Waals surface area (Å²) in [7, 11) is 0. The second kappa shape index (κ2) is 5.97. The van der Waals surface area contributed by atoms with Crippen LogP contribution >= 0.6 is 11.8 Å². The molecule has 0 spiro atoms. The number of carbonyl (C=O) groups is 1. The van der Waals surface area contributed by atoms with E-state index in [1.807, 2.05) is 11.8 Å². The molecule has 2 rings (SSSR count). The predicted octanol–water partition coefficient (Wildman–Crippen LogP) is 1.25. The molecule has 1 saturated heterocycles. The van der Waals surface area contributed by atoms with Crippen LogP contribution in [0.1, 0.15) is 6.42 Å². The second-order valence-corrected chi connectivity index (χ2v) is 5.00. The number of pyridine rings is 1. The summed E-state index contributed by atoms with van der Waals surface area (Å²) in [5.41, 5.74) is 0.528. The number of nitrogens with zero attached hydrogens (tertiary/aromatic N) is 1. The Morgan fingerprint density at radius 1 is 1.65 bits per heavy atom. The number of nitrogens with one attached hydrogen (secondary N) is 2. The second-order valence-electron chi connectivity index (χ2n) is 3.85. The van der Waals surface area contributed by atoms with Crippen molar-refractivity contribution in [2.75, 3.05) is 23.4 Å². The summed E-state index contributed by atoms with van der Waals surface area (Å²) in [6.07, 6.45) is 1.75. The average Bonchev–Trinajstić information content (AvgIpc) is 2.33. The lowest BCUT2D eigenvalue weighted by Gasteiger charge is -2.22. The maximum atomic E-state index is 12.6. The van der Waals surface area contributed by atoms with Gasteiger partial charge in [-0.15, -0.1) is 0 Å². The largest absolute Gasteiger partial charge is 0.325 e. The van der Waals surface area contributed by atoms with E-state index in [0.717, 1.165) is 18.1 Å². The minimum Gasteiger partial charge on any atom is -0.325 e. The molecule has 92 valence electrons. The van der Waals surface area contributed by atoms with Crippen LogP contribution in [0.5, 0.6) is 0 Å². The van der Waals surface area contributed by atoms with E-state index in [-0.39, 0.29) is 11.9 Å². The summed E-state index contributed by atoms with van der Waals surface area (Å²) in [4.78, 5) is 15.2. The molecular formula is C11H14FN3OS. The highest BCUT2D eigenvalue weighted by atomic mass is 32.2. The van der Waals surface area contributed by atoms with Crippen molar-refractivity contribution >= 4 is 23.4 Å². The average molecular weight is 255 g/mol. The summed E-state index contributed by atoms with van der Waals surface area (Å²) in [6, 6.07) is 2.95. The number of carbonyl (C=O) groups excluding carboxylic acids is 1. The molecule has 6 heteroatoms. The minimum absolute atomic E-state index is 0.0709. The Kier molecular flexibility index (Phi) is 4.33. The third-order valence-corrected chi connectivity index (χ3v) is 3.57. The van der Waals surface area contributed by atoms with Gasteiger partial charge in [-0.3, -0.25) is 4.79 Å². The maximum Gasteiger partial charge on any atom is 0.226 e. The highest BCUT2D eigenvalue weighted by Crippen LogP contribution is 2.12. The fourth-order valence-corrected chi connectivity index (χ4v) is 2.59. The van der Waals surface area contributed by atoms with Crippen LogP contribution in [0, 0.1) is 5.95 Å². The van der Waals surface area contributed by atoms with Gasteiger partial charge >= 0.3 is 0 Å². The van der Waals surface area contributed by atoms with Crippen LogP contribution in [0.15, 0.2) is 18.3 Å². The molecule has 0 aromatic carbocycles. The first kappa shape index (κ1) is 12.3. The van der Waals surface area contributed by atoms with Gasteiger partial charge in [0.25, 0.3) is 0 Å². The molecule has 0 bridgehead atoms. The maximum absolute atomic E-state index is 12.6. The van der Waals surface area contributed by atoms with Gasteiger partial charge in [0, 0.05) is 30.5 Å². The molecule has 0 saturated carbocycles. The summed E-state index contributed by atoms with van der Waals surface area (Å²) < 4.78 is 12.6. The third-order valence-electron chi connectivity index (χ3n) is 2.44. The quantitative estimate of drug-likeness (QED) is 0.798. The monoisotopic (exact) mass is 255 g/mol. The van der Waals surface area contributed by atoms with Crippen LogP contribution in [0.3, 0.4) is 0 Å². The van der Waals surface area contributed by atoms with Crippen molar-refractivity contribution in [3.63, 3.8) is 0 Å². The highest BCUT2D eigenvalue weighted by Gasteiger charge is 2.16. The molecule has 1 fully saturated rings. The van der Waals surface area contributed by atoms with E-state index in [4.69, 9.17) is 0 Å². The van der Waals surface area contributed by atoms with E-state index >= 15 is 0 Å². The van der Waals surface area contributed by atoms with Crippen molar-refractivity contribution in [2.24, 2.45) is 0 Å². The summed E-state index contributed by atoms with van der Waals surface area (Å²) >= 11 is 1.85. The van der Waals surface area contributed by atoms with Gasteiger partial charge in [0.05, 0.1) is 11.9 Å². The van der Waals surface area contributed by atoms with E-state index < -0.39 is 5.95 Å². The van der Waals surface area contributed by atoms with Crippen LogP contribution in [-0.4, -0.2) is 35.0 Å². The number of thioether (sulfide) groups is 1. The van der Waals surface area contributed by atoms with Crippen molar-refractivity contribution in [1.29, 1.82) is 0 Å². The molecule has 4 nitrogen and oxygen atoms in total. The molecule has 1 unspecified atom stereocenters. The molecule has 1 atom stereocenters. The first-order chi connectivity index (χ1) is 8.24. The van der Waals surface area contributed by atoms with E-state index in [1.54, 1.807) is 0 Å². The van der Waals surface area contributed by atoms with Crippen molar-refractivity contribution in [1.82, 2.24) is 10.3 Å². The van der Waals surface area contributed by atoms with Crippen molar-refractivity contribution in [3.8, 4) is 0 Å². The smallest absolute Gasteiger partial charge is 0.226 e. The van der Waals surface area contributed by atoms with Gasteiger partial charge in [0.15, 0.2) is 0 Å². The number of halogens is 1. The summed E-state index contributed by atoms with van der Waals surface area (Å²) in [6.45, 7) is 0.945. The SMILES string of the molecule is O=C(CC1CSCCN1)Nc1ccc(F)nc1. The van der Waals surface area contributed by atoms with Crippen LogP contribution in [-0.2, 0) is 4.79 Å². The normalized spacial score (nSPS) is 19.9. The van der Waals surface area contributed by atoms with Crippen molar-refractivity contribution < 1.29 is 9.18 Å². The van der Waals surface area contributed by atoms with Gasteiger partial charge < -0.3 is 10.6 Å². The molecule has 0 aliphatic carbocycles. The molecule has 1 aromatic heterocycles. The molecule has 17 heavy (non-hydrogen) atoms. The number of amides is 1. The minimum atomic E-state index is -0.548. The van der Waals surface area contributed by atoms with E-state index in [1.165, 1.54) is 18.3 Å². The third kappa shape index (κ3) is 3.98.